The van der Waals surface area contributed by atoms with Gasteiger partial charge in [-0.2, -0.15) is 0 Å². The van der Waals surface area contributed by atoms with Gasteiger partial charge in [0.1, 0.15) is 0 Å². The van der Waals surface area contributed by atoms with Gasteiger partial charge in [-0.05, 0) is 24.7 Å². The van der Waals surface area contributed by atoms with E-state index in [4.69, 9.17) is 17.0 Å². The van der Waals surface area contributed by atoms with Crippen LogP contribution in [0.2, 0.25) is 0 Å². The number of ether oxygens (including phenoxy) is 1. The van der Waals surface area contributed by atoms with Gasteiger partial charge in [0.15, 0.2) is 5.11 Å². The van der Waals surface area contributed by atoms with Crippen LogP contribution in [0.3, 0.4) is 0 Å². The summed E-state index contributed by atoms with van der Waals surface area (Å²) < 4.78 is 6.87. The first-order valence-electron chi connectivity index (χ1n) is 7.00. The molecule has 6 nitrogen and oxygen atoms in total. The van der Waals surface area contributed by atoms with Gasteiger partial charge in [-0.1, -0.05) is 18.2 Å². The van der Waals surface area contributed by atoms with E-state index >= 15 is 0 Å². The van der Waals surface area contributed by atoms with Crippen molar-refractivity contribution in [2.45, 2.75) is 6.42 Å². The lowest BCUT2D eigenvalue weighted by atomic mass is 10.2. The Morgan fingerprint density at radius 2 is 2.09 bits per heavy atom. The third kappa shape index (κ3) is 3.96. The zero-order chi connectivity index (χ0) is 15.9. The first kappa shape index (κ1) is 16.3. The molecule has 1 aromatic carbocycles. The van der Waals surface area contributed by atoms with Crippen LogP contribution in [0.5, 0.6) is 0 Å². The van der Waals surface area contributed by atoms with Crippen molar-refractivity contribution in [1.29, 1.82) is 0 Å². The lowest BCUT2D eigenvalue weighted by Gasteiger charge is -2.11. The molecule has 0 spiro atoms. The van der Waals surface area contributed by atoms with Gasteiger partial charge in [0.25, 0.3) is 5.91 Å². The highest BCUT2D eigenvalue weighted by molar-refractivity contribution is 7.80. The second-order valence-corrected chi connectivity index (χ2v) is 5.26. The number of thiocarbonyl (C=S) groups is 1. The zero-order valence-electron chi connectivity index (χ0n) is 12.7. The van der Waals surface area contributed by atoms with Crippen molar-refractivity contribution in [2.24, 2.45) is 7.05 Å². The Hall–Kier alpha value is -2.12. The van der Waals surface area contributed by atoms with Gasteiger partial charge in [0.2, 0.25) is 0 Å². The monoisotopic (exact) mass is 320 g/mol. The average Bonchev–Trinajstić information content (AvgIpc) is 2.87. The molecule has 2 rings (SSSR count). The molecule has 1 heterocycles. The highest BCUT2D eigenvalue weighted by Gasteiger charge is 2.13. The second kappa shape index (κ2) is 7.77. The zero-order valence-corrected chi connectivity index (χ0v) is 13.5. The number of nitrogens with zero attached hydrogens (tertiary/aromatic N) is 1. The lowest BCUT2D eigenvalue weighted by molar-refractivity contribution is 0.0945. The number of hydrogen-bond acceptors (Lipinski definition) is 3. The predicted octanol–water partition coefficient (Wildman–Crippen LogP) is 1.32. The van der Waals surface area contributed by atoms with Gasteiger partial charge in [-0.25, -0.2) is 0 Å². The third-order valence-corrected chi connectivity index (χ3v) is 3.49. The highest BCUT2D eigenvalue weighted by Crippen LogP contribution is 2.19. The van der Waals surface area contributed by atoms with E-state index in [1.165, 1.54) is 0 Å². The van der Waals surface area contributed by atoms with Gasteiger partial charge in [0.05, 0.1) is 5.56 Å². The summed E-state index contributed by atoms with van der Waals surface area (Å²) >= 11 is 5.09. The van der Waals surface area contributed by atoms with Crippen molar-refractivity contribution in [2.75, 3.05) is 20.3 Å². The summed E-state index contributed by atoms with van der Waals surface area (Å²) in [7, 11) is 3.56. The third-order valence-electron chi connectivity index (χ3n) is 3.24. The van der Waals surface area contributed by atoms with Crippen LogP contribution in [0.25, 0.3) is 10.9 Å². The van der Waals surface area contributed by atoms with Crippen molar-refractivity contribution in [3.63, 3.8) is 0 Å². The van der Waals surface area contributed by atoms with Crippen LogP contribution >= 0.6 is 12.2 Å². The van der Waals surface area contributed by atoms with Crippen LogP contribution in [0, 0.1) is 0 Å². The summed E-state index contributed by atoms with van der Waals surface area (Å²) in [6.45, 7) is 1.35. The number of rotatable bonds is 5. The molecular weight excluding hydrogens is 300 g/mol. The van der Waals surface area contributed by atoms with Crippen LogP contribution in [0.15, 0.2) is 30.5 Å². The Kier molecular flexibility index (Phi) is 5.74. The summed E-state index contributed by atoms with van der Waals surface area (Å²) in [6.07, 6.45) is 2.65. The van der Waals surface area contributed by atoms with E-state index in [1.807, 2.05) is 35.9 Å². The Balaban J connectivity index is 1.90. The number of fused-ring (bicyclic) bond motifs is 1. The number of hydrazine groups is 1. The number of aryl methyl sites for hydroxylation is 1. The van der Waals surface area contributed by atoms with E-state index in [0.29, 0.717) is 23.8 Å². The molecule has 0 atom stereocenters. The number of carbonyl (C=O) groups is 1. The van der Waals surface area contributed by atoms with E-state index < -0.39 is 0 Å². The number of aromatic nitrogens is 1. The predicted molar refractivity (Wildman–Crippen MR) is 90.6 cm³/mol. The van der Waals surface area contributed by atoms with Crippen molar-refractivity contribution in [3.05, 3.63) is 36.0 Å². The molecule has 7 heteroatoms. The molecule has 1 amide bonds. The summed E-state index contributed by atoms with van der Waals surface area (Å²) in [5, 5.41) is 4.27. The smallest absolute Gasteiger partial charge is 0.271 e. The minimum absolute atomic E-state index is 0.224. The van der Waals surface area contributed by atoms with Crippen LogP contribution in [-0.4, -0.2) is 35.8 Å². The van der Waals surface area contributed by atoms with Crippen molar-refractivity contribution < 1.29 is 9.53 Å². The minimum Gasteiger partial charge on any atom is -0.385 e. The SMILES string of the molecule is COCCCNC(=S)NNC(=O)c1cn(C)c2ccccc12. The number of nitrogens with one attached hydrogen (secondary N) is 3. The first-order valence-corrected chi connectivity index (χ1v) is 7.41. The lowest BCUT2D eigenvalue weighted by Crippen LogP contribution is -2.47. The highest BCUT2D eigenvalue weighted by atomic mass is 32.1. The molecule has 0 aliphatic heterocycles. The fourth-order valence-electron chi connectivity index (χ4n) is 2.17. The standard InChI is InChI=1S/C15H20N4O2S/c1-19-10-12(11-6-3-4-7-13(11)19)14(20)17-18-15(22)16-8-5-9-21-2/h3-4,6-7,10H,5,8-9H2,1-2H3,(H,17,20)(H2,16,18,22). The molecule has 0 unspecified atom stereocenters. The average molecular weight is 320 g/mol. The Bertz CT molecular complexity index is 669. The molecule has 0 radical (unpaired) electrons. The molecule has 2 aromatic rings. The van der Waals surface area contributed by atoms with Crippen LogP contribution in [0.1, 0.15) is 16.8 Å². The van der Waals surface area contributed by atoms with Crippen molar-refractivity contribution in [3.8, 4) is 0 Å². The molecule has 118 valence electrons. The number of benzene rings is 1. The van der Waals surface area contributed by atoms with Gasteiger partial charge in [-0.15, -0.1) is 0 Å². The molecule has 0 saturated heterocycles. The number of carbonyl (C=O) groups excluding carboxylic acids is 1. The van der Waals surface area contributed by atoms with E-state index in [9.17, 15) is 4.79 Å². The van der Waals surface area contributed by atoms with Crippen LogP contribution < -0.4 is 16.2 Å². The van der Waals surface area contributed by atoms with Crippen LogP contribution in [0.4, 0.5) is 0 Å². The fourth-order valence-corrected chi connectivity index (χ4v) is 2.32. The van der Waals surface area contributed by atoms with E-state index in [1.54, 1.807) is 13.3 Å². The maximum Gasteiger partial charge on any atom is 0.271 e. The molecule has 0 aliphatic carbocycles. The number of methoxy groups -OCH3 is 1. The molecule has 3 N–H and O–H groups in total. The summed E-state index contributed by atoms with van der Waals surface area (Å²) in [6, 6.07) is 7.75. The Morgan fingerprint density at radius 3 is 2.86 bits per heavy atom. The largest absolute Gasteiger partial charge is 0.385 e. The number of para-hydroxylation sites is 1. The molecule has 0 bridgehead atoms. The summed E-state index contributed by atoms with van der Waals surface area (Å²) in [4.78, 5) is 12.3. The number of hydrogen-bond donors (Lipinski definition) is 3. The van der Waals surface area contributed by atoms with E-state index in [-0.39, 0.29) is 5.91 Å². The van der Waals surface area contributed by atoms with Crippen molar-refractivity contribution >= 4 is 34.1 Å². The van der Waals surface area contributed by atoms with E-state index in [2.05, 4.69) is 16.2 Å². The molecular formula is C15H20N4O2S. The molecule has 0 aliphatic rings. The summed E-state index contributed by atoms with van der Waals surface area (Å²) in [5.74, 6) is -0.224. The van der Waals surface area contributed by atoms with Gasteiger partial charge in [0, 0.05) is 44.4 Å². The first-order chi connectivity index (χ1) is 10.6. The quantitative estimate of drug-likeness (QED) is 0.440. The maximum absolute atomic E-state index is 12.3. The van der Waals surface area contributed by atoms with Crippen LogP contribution in [-0.2, 0) is 11.8 Å². The molecule has 0 saturated carbocycles. The van der Waals surface area contributed by atoms with Gasteiger partial charge in [-0.3, -0.25) is 15.6 Å². The second-order valence-electron chi connectivity index (χ2n) is 4.85. The number of amides is 1. The van der Waals surface area contributed by atoms with Gasteiger partial charge < -0.3 is 14.6 Å². The molecule has 0 fully saturated rings. The van der Waals surface area contributed by atoms with E-state index in [0.717, 1.165) is 17.3 Å². The maximum atomic E-state index is 12.3. The Labute approximate surface area is 134 Å². The Morgan fingerprint density at radius 1 is 1.32 bits per heavy atom. The fraction of sp³-hybridized carbons (Fsp3) is 0.333. The minimum atomic E-state index is -0.224. The molecule has 22 heavy (non-hydrogen) atoms. The molecule has 1 aromatic heterocycles. The normalized spacial score (nSPS) is 10.5. The summed E-state index contributed by atoms with van der Waals surface area (Å²) in [5.41, 5.74) is 6.92. The van der Waals surface area contributed by atoms with Gasteiger partial charge >= 0.3 is 0 Å². The topological polar surface area (TPSA) is 67.3 Å². The van der Waals surface area contributed by atoms with Crippen molar-refractivity contribution in [1.82, 2.24) is 20.7 Å².